The van der Waals surface area contributed by atoms with Gasteiger partial charge in [0.1, 0.15) is 6.10 Å². The Labute approximate surface area is 156 Å². The predicted octanol–water partition coefficient (Wildman–Crippen LogP) is 2.85. The molecule has 27 heavy (non-hydrogen) atoms. The van der Waals surface area contributed by atoms with Crippen molar-refractivity contribution in [1.82, 2.24) is 15.0 Å². The van der Waals surface area contributed by atoms with Gasteiger partial charge in [-0.05, 0) is 18.6 Å². The number of carbonyl (C=O) groups is 1. The zero-order chi connectivity index (χ0) is 18.6. The average molecular weight is 361 g/mol. The van der Waals surface area contributed by atoms with Crippen LogP contribution in [0, 0.1) is 5.92 Å². The molecule has 4 rings (SSSR count). The zero-order valence-electron chi connectivity index (χ0n) is 14.6. The first-order chi connectivity index (χ1) is 13.2. The minimum atomic E-state index is -0.565. The number of nitrogens with zero attached hydrogens (tertiary/aromatic N) is 3. The molecule has 2 heterocycles. The van der Waals surface area contributed by atoms with E-state index in [2.05, 4.69) is 20.3 Å². The van der Waals surface area contributed by atoms with Crippen molar-refractivity contribution in [2.75, 3.05) is 11.9 Å². The van der Waals surface area contributed by atoms with Crippen LogP contribution in [-0.2, 0) is 9.53 Å². The first-order valence-corrected chi connectivity index (χ1v) is 8.75. The van der Waals surface area contributed by atoms with Gasteiger partial charge in [0.2, 0.25) is 11.9 Å². The number of nitrogens with two attached hydrogens (primary N) is 1. The third-order valence-corrected chi connectivity index (χ3v) is 4.43. The monoisotopic (exact) mass is 361 g/mol. The van der Waals surface area contributed by atoms with E-state index in [1.807, 2.05) is 60.7 Å². The van der Waals surface area contributed by atoms with Crippen molar-refractivity contribution in [1.29, 1.82) is 0 Å². The van der Waals surface area contributed by atoms with Gasteiger partial charge < -0.3 is 15.8 Å². The lowest BCUT2D eigenvalue weighted by Gasteiger charge is -2.16. The normalized spacial score (nSPS) is 19.0. The number of benzene rings is 2. The summed E-state index contributed by atoms with van der Waals surface area (Å²) in [6.45, 7) is 0.450. The van der Waals surface area contributed by atoms with Crippen LogP contribution in [0.25, 0.3) is 11.4 Å². The highest BCUT2D eigenvalue weighted by Gasteiger charge is 2.36. The van der Waals surface area contributed by atoms with E-state index in [0.29, 0.717) is 30.6 Å². The van der Waals surface area contributed by atoms with Gasteiger partial charge in [0, 0.05) is 17.9 Å². The van der Waals surface area contributed by atoms with Crippen LogP contribution in [0.3, 0.4) is 0 Å². The van der Waals surface area contributed by atoms with E-state index in [-0.39, 0.29) is 0 Å². The molecular weight excluding hydrogens is 342 g/mol. The molecule has 7 heteroatoms. The minimum Gasteiger partial charge on any atom is -0.369 e. The highest BCUT2D eigenvalue weighted by Crippen LogP contribution is 2.33. The first-order valence-electron chi connectivity index (χ1n) is 8.75. The summed E-state index contributed by atoms with van der Waals surface area (Å²) in [6, 6.07) is 19.2. The van der Waals surface area contributed by atoms with Crippen molar-refractivity contribution in [2.45, 2.75) is 12.5 Å². The number of para-hydroxylation sites is 1. The van der Waals surface area contributed by atoms with E-state index in [1.54, 1.807) is 0 Å². The number of amides is 1. The Kier molecular flexibility index (Phi) is 4.76. The Morgan fingerprint density at radius 1 is 1.00 bits per heavy atom. The van der Waals surface area contributed by atoms with E-state index in [4.69, 9.17) is 10.5 Å². The molecule has 2 unspecified atom stereocenters. The molecular formula is C20H19N5O2. The molecule has 1 aromatic heterocycles. The first kappa shape index (κ1) is 17.1. The van der Waals surface area contributed by atoms with Crippen LogP contribution in [0.4, 0.5) is 11.6 Å². The summed E-state index contributed by atoms with van der Waals surface area (Å²) in [7, 11) is 0. The molecule has 1 aliphatic heterocycles. The molecule has 2 atom stereocenters. The molecule has 2 aromatic carbocycles. The number of carbonyl (C=O) groups excluding carboxylic acids is 1. The molecule has 0 aliphatic carbocycles. The average Bonchev–Trinajstić information content (AvgIpc) is 3.20. The molecule has 1 fully saturated rings. The Hall–Kier alpha value is -3.32. The maximum absolute atomic E-state index is 11.8. The number of aromatic nitrogens is 3. The van der Waals surface area contributed by atoms with Gasteiger partial charge in [0.05, 0.1) is 5.92 Å². The van der Waals surface area contributed by atoms with E-state index < -0.39 is 17.9 Å². The van der Waals surface area contributed by atoms with Gasteiger partial charge in [-0.1, -0.05) is 48.5 Å². The van der Waals surface area contributed by atoms with Gasteiger partial charge in [-0.25, -0.2) is 4.98 Å². The fraction of sp³-hybridized carbons (Fsp3) is 0.200. The summed E-state index contributed by atoms with van der Waals surface area (Å²) in [5, 5.41) is 3.19. The molecule has 1 aliphatic rings. The summed E-state index contributed by atoms with van der Waals surface area (Å²) in [5.74, 6) is 0.461. The lowest BCUT2D eigenvalue weighted by atomic mass is 10.0. The molecule has 0 bridgehead atoms. The van der Waals surface area contributed by atoms with E-state index in [9.17, 15) is 4.79 Å². The van der Waals surface area contributed by atoms with E-state index in [0.717, 1.165) is 11.3 Å². The molecule has 0 radical (unpaired) electrons. The van der Waals surface area contributed by atoms with Gasteiger partial charge in [-0.15, -0.1) is 0 Å². The number of primary amides is 1. The molecule has 3 aromatic rings. The van der Waals surface area contributed by atoms with Crippen molar-refractivity contribution in [3.8, 4) is 11.4 Å². The third kappa shape index (κ3) is 3.78. The zero-order valence-corrected chi connectivity index (χ0v) is 14.6. The van der Waals surface area contributed by atoms with Crippen molar-refractivity contribution in [3.63, 3.8) is 0 Å². The van der Waals surface area contributed by atoms with Crippen LogP contribution in [0.5, 0.6) is 0 Å². The second-order valence-electron chi connectivity index (χ2n) is 6.29. The van der Waals surface area contributed by atoms with Crippen LogP contribution >= 0.6 is 0 Å². The Bertz CT molecular complexity index is 934. The summed E-state index contributed by atoms with van der Waals surface area (Å²) in [5.41, 5.74) is 7.24. The number of ether oxygens (including phenoxy) is 1. The molecule has 1 amide bonds. The van der Waals surface area contributed by atoms with Gasteiger partial charge >= 0.3 is 0 Å². The maximum atomic E-state index is 11.8. The Balaban J connectivity index is 1.76. The predicted molar refractivity (Wildman–Crippen MR) is 101 cm³/mol. The standard InChI is InChI=1S/C20H19N5O2/c21-17(26)15-11-12-27-16(15)19-23-18(13-7-3-1-4-8-13)24-20(25-19)22-14-9-5-2-6-10-14/h1-10,15-16H,11-12H2,(H2,21,26)(H,22,23,24,25). The number of nitrogens with one attached hydrogen (secondary N) is 1. The van der Waals surface area contributed by atoms with E-state index >= 15 is 0 Å². The molecule has 3 N–H and O–H groups in total. The summed E-state index contributed by atoms with van der Waals surface area (Å²) in [6.07, 6.45) is -0.00218. The van der Waals surface area contributed by atoms with Gasteiger partial charge in [-0.2, -0.15) is 9.97 Å². The van der Waals surface area contributed by atoms with Crippen LogP contribution in [0.1, 0.15) is 18.3 Å². The Morgan fingerprint density at radius 3 is 2.41 bits per heavy atom. The number of rotatable bonds is 5. The van der Waals surface area contributed by atoms with Crippen molar-refractivity contribution in [2.24, 2.45) is 11.7 Å². The number of anilines is 2. The fourth-order valence-corrected chi connectivity index (χ4v) is 3.08. The lowest BCUT2D eigenvalue weighted by Crippen LogP contribution is -2.27. The molecule has 1 saturated heterocycles. The van der Waals surface area contributed by atoms with Crippen molar-refractivity contribution < 1.29 is 9.53 Å². The Morgan fingerprint density at radius 2 is 1.70 bits per heavy atom. The lowest BCUT2D eigenvalue weighted by molar-refractivity contribution is -0.123. The largest absolute Gasteiger partial charge is 0.369 e. The minimum absolute atomic E-state index is 0.392. The second kappa shape index (κ2) is 7.51. The molecule has 7 nitrogen and oxygen atoms in total. The smallest absolute Gasteiger partial charge is 0.231 e. The van der Waals surface area contributed by atoms with Crippen LogP contribution in [-0.4, -0.2) is 27.5 Å². The third-order valence-electron chi connectivity index (χ3n) is 4.43. The topological polar surface area (TPSA) is 103 Å². The SMILES string of the molecule is NC(=O)C1CCOC1c1nc(Nc2ccccc2)nc(-c2ccccc2)n1. The second-order valence-corrected chi connectivity index (χ2v) is 6.29. The van der Waals surface area contributed by atoms with Crippen molar-refractivity contribution >= 4 is 17.5 Å². The van der Waals surface area contributed by atoms with Crippen LogP contribution in [0.2, 0.25) is 0 Å². The summed E-state index contributed by atoms with van der Waals surface area (Å²) < 4.78 is 5.73. The molecule has 0 saturated carbocycles. The van der Waals surface area contributed by atoms with E-state index in [1.165, 1.54) is 0 Å². The molecule has 0 spiro atoms. The highest BCUT2D eigenvalue weighted by molar-refractivity contribution is 5.77. The summed E-state index contributed by atoms with van der Waals surface area (Å²) >= 11 is 0. The quantitative estimate of drug-likeness (QED) is 0.724. The van der Waals surface area contributed by atoms with Crippen molar-refractivity contribution in [3.05, 3.63) is 66.5 Å². The number of hydrogen-bond donors (Lipinski definition) is 2. The number of hydrogen-bond acceptors (Lipinski definition) is 6. The maximum Gasteiger partial charge on any atom is 0.231 e. The van der Waals surface area contributed by atoms with Gasteiger partial charge in [-0.3, -0.25) is 4.79 Å². The van der Waals surface area contributed by atoms with Gasteiger partial charge in [0.15, 0.2) is 11.6 Å². The fourth-order valence-electron chi connectivity index (χ4n) is 3.08. The molecule has 136 valence electrons. The highest BCUT2D eigenvalue weighted by atomic mass is 16.5. The van der Waals surface area contributed by atoms with Crippen LogP contribution in [0.15, 0.2) is 60.7 Å². The van der Waals surface area contributed by atoms with Gasteiger partial charge in [0.25, 0.3) is 0 Å². The van der Waals surface area contributed by atoms with Crippen LogP contribution < -0.4 is 11.1 Å². The summed E-state index contributed by atoms with van der Waals surface area (Å²) in [4.78, 5) is 25.4.